The van der Waals surface area contributed by atoms with Gasteiger partial charge in [0.15, 0.2) is 11.5 Å². The van der Waals surface area contributed by atoms with Crippen molar-refractivity contribution < 1.29 is 19.1 Å². The molecule has 3 atom stereocenters. The highest BCUT2D eigenvalue weighted by Gasteiger charge is 2.54. The number of benzene rings is 3. The quantitative estimate of drug-likeness (QED) is 0.534. The van der Waals surface area contributed by atoms with Crippen LogP contribution in [-0.2, 0) is 0 Å². The summed E-state index contributed by atoms with van der Waals surface area (Å²) in [4.78, 5) is 28.9. The number of hydrogen-bond acceptors (Lipinski definition) is 4. The first-order chi connectivity index (χ1) is 17.5. The summed E-state index contributed by atoms with van der Waals surface area (Å²) < 4.78 is 11.3. The Morgan fingerprint density at radius 3 is 2.72 bits per heavy atom. The molecule has 1 N–H and O–H groups in total. The van der Waals surface area contributed by atoms with Gasteiger partial charge in [0.05, 0.1) is 11.6 Å². The highest BCUT2D eigenvalue weighted by Crippen LogP contribution is 2.50. The zero-order valence-corrected chi connectivity index (χ0v) is 20.8. The van der Waals surface area contributed by atoms with E-state index in [9.17, 15) is 9.59 Å². The van der Waals surface area contributed by atoms with Gasteiger partial charge in [-0.1, -0.05) is 47.5 Å². The number of carbonyl (C=O) groups is 2. The number of fused-ring (bicyclic) bond motifs is 2. The highest BCUT2D eigenvalue weighted by molar-refractivity contribution is 6.30. The minimum Gasteiger partial charge on any atom is -0.486 e. The lowest BCUT2D eigenvalue weighted by Crippen LogP contribution is -2.45. The van der Waals surface area contributed by atoms with Crippen molar-refractivity contribution in [3.63, 3.8) is 0 Å². The lowest BCUT2D eigenvalue weighted by atomic mass is 9.96. The number of likely N-dealkylation sites (tertiary alicyclic amines) is 1. The van der Waals surface area contributed by atoms with Crippen LogP contribution in [0.25, 0.3) is 11.1 Å². The standard InChI is InChI=1S/C29H27ClN2O4/c1-17-8-9-21(18-4-2-5-20(30)13-18)24(12-17)29(34)32-16-19-14-23(19)25(32)15-31-28(33)22-6-3-7-26-27(22)36-11-10-35-26/h2-9,12-13,19,23,25H,10-11,14-16H2,1H3,(H,31,33)/t19-,23-,25-/m1/s1. The molecule has 1 saturated carbocycles. The molecule has 6 rings (SSSR count). The van der Waals surface area contributed by atoms with Crippen LogP contribution in [0.15, 0.2) is 60.7 Å². The van der Waals surface area contributed by atoms with Crippen molar-refractivity contribution >= 4 is 23.4 Å². The van der Waals surface area contributed by atoms with Gasteiger partial charge in [0.2, 0.25) is 0 Å². The van der Waals surface area contributed by atoms with Gasteiger partial charge in [-0.05, 0) is 66.6 Å². The maximum Gasteiger partial charge on any atom is 0.255 e. The Kier molecular flexibility index (Phi) is 5.84. The molecule has 3 aromatic rings. The Hall–Kier alpha value is -3.51. The third kappa shape index (κ3) is 4.20. The number of rotatable bonds is 5. The van der Waals surface area contributed by atoms with E-state index in [1.807, 2.05) is 54.3 Å². The maximum absolute atomic E-state index is 13.9. The lowest BCUT2D eigenvalue weighted by molar-refractivity contribution is 0.0695. The molecule has 2 amide bonds. The molecule has 3 aromatic carbocycles. The Bertz CT molecular complexity index is 1360. The second-order valence-corrected chi connectivity index (χ2v) is 10.2. The first-order valence-electron chi connectivity index (χ1n) is 12.3. The number of halogens is 1. The first kappa shape index (κ1) is 22.9. The molecule has 1 aliphatic carbocycles. The molecule has 36 heavy (non-hydrogen) atoms. The summed E-state index contributed by atoms with van der Waals surface area (Å²) >= 11 is 6.25. The van der Waals surface area contributed by atoms with Crippen LogP contribution < -0.4 is 14.8 Å². The molecule has 1 saturated heterocycles. The summed E-state index contributed by atoms with van der Waals surface area (Å²) in [6.07, 6.45) is 1.09. The van der Waals surface area contributed by atoms with Gasteiger partial charge in [-0.25, -0.2) is 0 Å². The van der Waals surface area contributed by atoms with Crippen LogP contribution >= 0.6 is 11.6 Å². The summed E-state index contributed by atoms with van der Waals surface area (Å²) in [6.45, 7) is 3.98. The van der Waals surface area contributed by atoms with Gasteiger partial charge in [-0.3, -0.25) is 9.59 Å². The molecule has 2 heterocycles. The largest absolute Gasteiger partial charge is 0.486 e. The van der Waals surface area contributed by atoms with E-state index in [0.717, 1.165) is 23.1 Å². The van der Waals surface area contributed by atoms with Gasteiger partial charge >= 0.3 is 0 Å². The monoisotopic (exact) mass is 502 g/mol. The van der Waals surface area contributed by atoms with Gasteiger partial charge in [0.25, 0.3) is 11.8 Å². The zero-order valence-electron chi connectivity index (χ0n) is 20.0. The highest BCUT2D eigenvalue weighted by atomic mass is 35.5. The molecule has 0 unspecified atom stereocenters. The first-order valence-corrected chi connectivity index (χ1v) is 12.7. The normalized spacial score (nSPS) is 21.6. The van der Waals surface area contributed by atoms with Crippen molar-refractivity contribution in [2.75, 3.05) is 26.3 Å². The second-order valence-electron chi connectivity index (χ2n) is 9.78. The van der Waals surface area contributed by atoms with Gasteiger partial charge in [-0.2, -0.15) is 0 Å². The van der Waals surface area contributed by atoms with E-state index >= 15 is 0 Å². The molecule has 2 fully saturated rings. The average Bonchev–Trinajstić information content (AvgIpc) is 3.57. The van der Waals surface area contributed by atoms with Crippen LogP contribution in [-0.4, -0.2) is 49.1 Å². The number of aryl methyl sites for hydroxylation is 1. The van der Waals surface area contributed by atoms with Crippen LogP contribution in [0.5, 0.6) is 11.5 Å². The predicted octanol–water partition coefficient (Wildman–Crippen LogP) is 4.98. The smallest absolute Gasteiger partial charge is 0.255 e. The SMILES string of the molecule is Cc1ccc(-c2cccc(Cl)c2)c(C(=O)N2C[C@H]3C[C@H]3[C@H]2CNC(=O)c2cccc3c2OCCO3)c1. The summed E-state index contributed by atoms with van der Waals surface area (Å²) in [7, 11) is 0. The van der Waals surface area contributed by atoms with E-state index in [0.29, 0.717) is 65.8 Å². The van der Waals surface area contributed by atoms with Gasteiger partial charge in [0.1, 0.15) is 13.2 Å². The number of nitrogens with one attached hydrogen (secondary N) is 1. The number of carbonyl (C=O) groups excluding carboxylic acids is 2. The van der Waals surface area contributed by atoms with E-state index in [1.165, 1.54) is 0 Å². The minimum atomic E-state index is -0.218. The molecule has 3 aliphatic rings. The average molecular weight is 503 g/mol. The number of amides is 2. The van der Waals surface area contributed by atoms with Crippen LogP contribution in [0.1, 0.15) is 32.7 Å². The minimum absolute atomic E-state index is 0.00560. The Morgan fingerprint density at radius 2 is 1.86 bits per heavy atom. The second kappa shape index (κ2) is 9.17. The fraction of sp³-hybridized carbons (Fsp3) is 0.310. The molecular formula is C29H27ClN2O4. The van der Waals surface area contributed by atoms with E-state index in [-0.39, 0.29) is 17.9 Å². The zero-order chi connectivity index (χ0) is 24.8. The summed E-state index contributed by atoms with van der Waals surface area (Å²) in [6, 6.07) is 18.8. The topological polar surface area (TPSA) is 67.9 Å². The number of piperidine rings is 1. The van der Waals surface area contributed by atoms with E-state index < -0.39 is 0 Å². The Balaban J connectivity index is 1.23. The molecule has 0 spiro atoms. The molecule has 2 aliphatic heterocycles. The maximum atomic E-state index is 13.9. The van der Waals surface area contributed by atoms with Gasteiger partial charge < -0.3 is 19.7 Å². The van der Waals surface area contributed by atoms with E-state index in [2.05, 4.69) is 5.32 Å². The molecule has 6 nitrogen and oxygen atoms in total. The van der Waals surface area contributed by atoms with Crippen molar-refractivity contribution in [3.05, 3.63) is 82.4 Å². The van der Waals surface area contributed by atoms with E-state index in [1.54, 1.807) is 18.2 Å². The van der Waals surface area contributed by atoms with Crippen LogP contribution in [0.2, 0.25) is 5.02 Å². The molecular weight excluding hydrogens is 476 g/mol. The molecule has 0 aromatic heterocycles. The number of hydrogen-bond donors (Lipinski definition) is 1. The molecule has 7 heteroatoms. The summed E-state index contributed by atoms with van der Waals surface area (Å²) in [5.41, 5.74) is 3.92. The molecule has 0 bridgehead atoms. The Labute approximate surface area is 215 Å². The van der Waals surface area contributed by atoms with Crippen LogP contribution in [0.3, 0.4) is 0 Å². The van der Waals surface area contributed by atoms with Crippen molar-refractivity contribution in [1.82, 2.24) is 10.2 Å². The predicted molar refractivity (Wildman–Crippen MR) is 138 cm³/mol. The van der Waals surface area contributed by atoms with Crippen molar-refractivity contribution in [2.24, 2.45) is 11.8 Å². The third-order valence-corrected chi connectivity index (χ3v) is 7.62. The Morgan fingerprint density at radius 1 is 1.03 bits per heavy atom. The number of ether oxygens (including phenoxy) is 2. The van der Waals surface area contributed by atoms with Crippen LogP contribution in [0.4, 0.5) is 0 Å². The molecule has 0 radical (unpaired) electrons. The van der Waals surface area contributed by atoms with Gasteiger partial charge in [-0.15, -0.1) is 0 Å². The number of para-hydroxylation sites is 1. The lowest BCUT2D eigenvalue weighted by Gasteiger charge is -2.29. The summed E-state index contributed by atoms with van der Waals surface area (Å²) in [5, 5.41) is 3.70. The fourth-order valence-corrected chi connectivity index (χ4v) is 5.70. The summed E-state index contributed by atoms with van der Waals surface area (Å²) in [5.74, 6) is 1.75. The fourth-order valence-electron chi connectivity index (χ4n) is 5.51. The van der Waals surface area contributed by atoms with Crippen molar-refractivity contribution in [2.45, 2.75) is 19.4 Å². The number of nitrogens with zero attached hydrogens (tertiary/aromatic N) is 1. The van der Waals surface area contributed by atoms with Crippen LogP contribution in [0, 0.1) is 18.8 Å². The molecule has 184 valence electrons. The van der Waals surface area contributed by atoms with Gasteiger partial charge in [0, 0.05) is 23.7 Å². The van der Waals surface area contributed by atoms with E-state index in [4.69, 9.17) is 21.1 Å². The third-order valence-electron chi connectivity index (χ3n) is 7.39. The van der Waals surface area contributed by atoms with Crippen molar-refractivity contribution in [1.29, 1.82) is 0 Å². The van der Waals surface area contributed by atoms with Crippen molar-refractivity contribution in [3.8, 4) is 22.6 Å².